The number of benzene rings is 3. The molecule has 0 atom stereocenters. The van der Waals surface area contributed by atoms with Gasteiger partial charge in [-0.2, -0.15) is 0 Å². The highest BCUT2D eigenvalue weighted by Crippen LogP contribution is 2.41. The molecular weight excluding hydrogens is 479 g/mol. The molecule has 1 aromatic heterocycles. The largest absolute Gasteiger partial charge is 0.689 e. The number of aromatic nitrogens is 1. The zero-order valence-electron chi connectivity index (χ0n) is 17.6. The van der Waals surface area contributed by atoms with Crippen molar-refractivity contribution in [1.82, 2.24) is 0 Å². The average molecular weight is 499 g/mol. The summed E-state index contributed by atoms with van der Waals surface area (Å²) in [5.74, 6) is 2.34. The molecule has 6 rings (SSSR count). The maximum atomic E-state index is 6.74. The van der Waals surface area contributed by atoms with Gasteiger partial charge in [-0.05, 0) is 36.4 Å². The molecule has 0 N–H and O–H groups in total. The minimum Gasteiger partial charge on any atom is -0.618 e. The molecule has 4 nitrogen and oxygen atoms in total. The molecule has 0 radical (unpaired) electrons. The van der Waals surface area contributed by atoms with Gasteiger partial charge in [0.1, 0.15) is 0 Å². The molecule has 0 spiro atoms. The lowest BCUT2D eigenvalue weighted by atomic mass is 9.59. The van der Waals surface area contributed by atoms with Gasteiger partial charge in [-0.3, -0.25) is 0 Å². The maximum absolute atomic E-state index is 6.74. The SMILES string of the molecule is COc1ccccc1[B-]12Oc3ccccc3-c3cccc([n+]31)-c1ccccc1O2.ClC(Cl)Cl. The molecule has 0 amide bonds. The lowest BCUT2D eigenvalue weighted by Crippen LogP contribution is -2.83. The van der Waals surface area contributed by atoms with E-state index in [0.717, 1.165) is 45.2 Å². The Balaban J connectivity index is 0.000000531. The maximum Gasteiger partial charge on any atom is 0.689 e. The average Bonchev–Trinajstić information content (AvgIpc) is 2.84. The molecule has 8 heteroatoms. The summed E-state index contributed by atoms with van der Waals surface area (Å²) in [6.07, 6.45) is 0. The van der Waals surface area contributed by atoms with Crippen LogP contribution in [0.5, 0.6) is 17.2 Å². The van der Waals surface area contributed by atoms with Crippen LogP contribution in [-0.2, 0) is 0 Å². The van der Waals surface area contributed by atoms with Crippen molar-refractivity contribution in [2.45, 2.75) is 4.30 Å². The highest BCUT2D eigenvalue weighted by molar-refractivity contribution is 6.76. The Morgan fingerprint density at radius 1 is 0.697 bits per heavy atom. The van der Waals surface area contributed by atoms with E-state index >= 15 is 0 Å². The fraction of sp³-hybridized carbons (Fsp3) is 0.0800. The van der Waals surface area contributed by atoms with Crippen LogP contribution in [-0.4, -0.2) is 18.1 Å². The smallest absolute Gasteiger partial charge is 0.618 e. The van der Waals surface area contributed by atoms with Crippen molar-refractivity contribution in [2.75, 3.05) is 7.11 Å². The number of rotatable bonds is 2. The van der Waals surface area contributed by atoms with Crippen LogP contribution in [0.25, 0.3) is 22.5 Å². The van der Waals surface area contributed by atoms with Gasteiger partial charge in [0.25, 0.3) is 0 Å². The van der Waals surface area contributed by atoms with Crippen LogP contribution in [0.2, 0.25) is 0 Å². The molecule has 166 valence electrons. The van der Waals surface area contributed by atoms with Crippen molar-refractivity contribution in [3.05, 3.63) is 91.0 Å². The number of ether oxygens (including phenoxy) is 1. The van der Waals surface area contributed by atoms with E-state index in [4.69, 9.17) is 48.8 Å². The predicted octanol–water partition coefficient (Wildman–Crippen LogP) is 5.78. The first-order valence-electron chi connectivity index (χ1n) is 10.4. The summed E-state index contributed by atoms with van der Waals surface area (Å²) in [6.45, 7) is -2.10. The van der Waals surface area contributed by atoms with Crippen molar-refractivity contribution in [2.24, 2.45) is 0 Å². The van der Waals surface area contributed by atoms with E-state index in [9.17, 15) is 0 Å². The van der Waals surface area contributed by atoms with E-state index in [2.05, 4.69) is 34.8 Å². The summed E-state index contributed by atoms with van der Waals surface area (Å²) in [5, 5.41) is 0. The Morgan fingerprint density at radius 3 is 1.73 bits per heavy atom. The molecule has 0 fully saturated rings. The second kappa shape index (κ2) is 8.83. The molecule has 33 heavy (non-hydrogen) atoms. The highest BCUT2D eigenvalue weighted by atomic mass is 35.6. The van der Waals surface area contributed by atoms with E-state index in [1.165, 1.54) is 0 Å². The Labute approximate surface area is 207 Å². The summed E-state index contributed by atoms with van der Waals surface area (Å²) in [4.78, 5) is 0. The number of methoxy groups -OCH3 is 1. The van der Waals surface area contributed by atoms with E-state index in [1.54, 1.807) is 7.11 Å². The Bertz CT molecular complexity index is 1260. The van der Waals surface area contributed by atoms with Gasteiger partial charge >= 0.3 is 6.69 Å². The van der Waals surface area contributed by atoms with Crippen LogP contribution < -0.4 is 24.0 Å². The van der Waals surface area contributed by atoms with Crippen molar-refractivity contribution in [1.29, 1.82) is 0 Å². The number of pyridine rings is 1. The van der Waals surface area contributed by atoms with Crippen LogP contribution in [0, 0.1) is 0 Å². The number of hydrogen-bond donors (Lipinski definition) is 0. The third kappa shape index (κ3) is 3.70. The minimum absolute atomic E-state index is 0.736. The fourth-order valence-electron chi connectivity index (χ4n) is 4.60. The number of fused-ring (bicyclic) bond motifs is 4. The van der Waals surface area contributed by atoms with Crippen LogP contribution >= 0.6 is 34.8 Å². The highest BCUT2D eigenvalue weighted by Gasteiger charge is 2.57. The third-order valence-electron chi connectivity index (χ3n) is 5.80. The first-order chi connectivity index (χ1) is 16.0. The zero-order chi connectivity index (χ0) is 23.0. The normalized spacial score (nSPS) is 13.8. The summed E-state index contributed by atoms with van der Waals surface area (Å²) in [5.41, 5.74) is 5.08. The first-order valence-corrected chi connectivity index (χ1v) is 11.7. The number of hydrogen-bond acceptors (Lipinski definition) is 3. The Hall–Kier alpha value is -2.86. The molecule has 0 bridgehead atoms. The number of alkyl halides is 3. The van der Waals surface area contributed by atoms with Gasteiger partial charge in [0.15, 0.2) is 15.7 Å². The van der Waals surface area contributed by atoms with Gasteiger partial charge in [0.05, 0.1) is 35.5 Å². The molecular formula is C25H19BCl3NO3. The lowest BCUT2D eigenvalue weighted by Gasteiger charge is -2.45. The summed E-state index contributed by atoms with van der Waals surface area (Å²) in [7, 11) is 1.68. The molecule has 3 aromatic carbocycles. The van der Waals surface area contributed by atoms with Crippen molar-refractivity contribution in [3.63, 3.8) is 0 Å². The van der Waals surface area contributed by atoms with E-state index in [0.29, 0.717) is 0 Å². The van der Waals surface area contributed by atoms with Gasteiger partial charge in [-0.25, -0.2) is 0 Å². The van der Waals surface area contributed by atoms with Crippen molar-refractivity contribution in [3.8, 4) is 39.8 Å². The van der Waals surface area contributed by atoms with Crippen LogP contribution in [0.1, 0.15) is 0 Å². The molecule has 0 saturated carbocycles. The van der Waals surface area contributed by atoms with E-state index in [1.807, 2.05) is 60.7 Å². The molecule has 2 aliphatic heterocycles. The predicted molar refractivity (Wildman–Crippen MR) is 134 cm³/mol. The van der Waals surface area contributed by atoms with Gasteiger partial charge in [-0.1, -0.05) is 77.3 Å². The Morgan fingerprint density at radius 2 is 1.18 bits per heavy atom. The first kappa shape index (κ1) is 22.0. The van der Waals surface area contributed by atoms with E-state index < -0.39 is 11.0 Å². The molecule has 2 aliphatic rings. The quantitative estimate of drug-likeness (QED) is 0.259. The minimum atomic E-state index is -2.10. The fourth-order valence-corrected chi connectivity index (χ4v) is 4.60. The molecule has 4 aromatic rings. The van der Waals surface area contributed by atoms with Gasteiger partial charge in [0, 0.05) is 17.6 Å². The standard InChI is InChI=1S/C24H18BNO3.CHCl3/c1-27-24-16-7-4-11-19(24)25-26-20(17-9-2-5-14-22(17)28-25)12-8-13-21(26)18-10-3-6-15-23(18)29-25;2-1(3)4/h2-16H,1H3;1H. The second-order valence-corrected chi connectivity index (χ2v) is 9.54. The molecule has 0 aliphatic carbocycles. The number of halogens is 3. The van der Waals surface area contributed by atoms with Crippen LogP contribution in [0.15, 0.2) is 91.0 Å². The topological polar surface area (TPSA) is 31.6 Å². The summed E-state index contributed by atoms with van der Waals surface area (Å²) >= 11 is 14.4. The van der Waals surface area contributed by atoms with E-state index in [-0.39, 0.29) is 0 Å². The molecule has 3 heterocycles. The van der Waals surface area contributed by atoms with Gasteiger partial charge in [-0.15, -0.1) is 0 Å². The zero-order valence-corrected chi connectivity index (χ0v) is 19.9. The van der Waals surface area contributed by atoms with Crippen molar-refractivity contribution >= 4 is 47.0 Å². The number of nitrogens with zero attached hydrogens (tertiary/aromatic N) is 1. The Kier molecular flexibility index (Phi) is 5.87. The van der Waals surface area contributed by atoms with Crippen LogP contribution in [0.3, 0.4) is 0 Å². The monoisotopic (exact) mass is 497 g/mol. The molecule has 0 unspecified atom stereocenters. The third-order valence-corrected chi connectivity index (χ3v) is 5.80. The van der Waals surface area contributed by atoms with Gasteiger partial charge in [0.2, 0.25) is 0 Å². The van der Waals surface area contributed by atoms with Crippen LogP contribution in [0.4, 0.5) is 0 Å². The van der Waals surface area contributed by atoms with Gasteiger partial charge < -0.3 is 18.5 Å². The summed E-state index contributed by atoms with van der Waals surface area (Å²) in [6, 6.07) is 30.4. The summed E-state index contributed by atoms with van der Waals surface area (Å²) < 4.78 is 20.6. The molecule has 0 saturated heterocycles. The lowest BCUT2D eigenvalue weighted by molar-refractivity contribution is -0.548. The van der Waals surface area contributed by atoms with Crippen molar-refractivity contribution < 1.29 is 18.5 Å². The number of para-hydroxylation sites is 3. The second-order valence-electron chi connectivity index (χ2n) is 7.56.